The maximum absolute atomic E-state index is 12.1. The van der Waals surface area contributed by atoms with Gasteiger partial charge in [-0.3, -0.25) is 18.5 Å². The summed E-state index contributed by atoms with van der Waals surface area (Å²) in [5.74, 6) is 0. The fourth-order valence-electron chi connectivity index (χ4n) is 1.95. The van der Waals surface area contributed by atoms with Crippen molar-refractivity contribution < 1.29 is 4.74 Å². The van der Waals surface area contributed by atoms with E-state index in [9.17, 15) is 9.59 Å². The molecule has 2 aromatic heterocycles. The van der Waals surface area contributed by atoms with E-state index in [1.54, 1.807) is 18.7 Å². The van der Waals surface area contributed by atoms with Crippen molar-refractivity contribution in [1.29, 1.82) is 0 Å². The summed E-state index contributed by atoms with van der Waals surface area (Å²) in [6, 6.07) is 0.333. The zero-order valence-corrected chi connectivity index (χ0v) is 12.4. The second kappa shape index (κ2) is 5.12. The molecule has 2 rings (SSSR count). The lowest BCUT2D eigenvalue weighted by atomic mass is 10.5. The molecule has 0 bridgehead atoms. The summed E-state index contributed by atoms with van der Waals surface area (Å²) >= 11 is 0. The molecule has 2 aromatic rings. The Bertz CT molecular complexity index is 753. The minimum Gasteiger partial charge on any atom is -0.463 e. The van der Waals surface area contributed by atoms with Crippen molar-refractivity contribution in [2.45, 2.75) is 0 Å². The van der Waals surface area contributed by atoms with Crippen LogP contribution in [0.4, 0.5) is 0 Å². The summed E-state index contributed by atoms with van der Waals surface area (Å²) < 4.78 is 9.55. The van der Waals surface area contributed by atoms with Gasteiger partial charge in [0.1, 0.15) is 6.61 Å². The molecule has 0 aromatic carbocycles. The first-order valence-corrected chi connectivity index (χ1v) is 6.24. The Kier molecular flexibility index (Phi) is 3.67. The number of rotatable bonds is 4. The average molecular weight is 281 g/mol. The van der Waals surface area contributed by atoms with Gasteiger partial charge in [0.05, 0.1) is 0 Å². The lowest BCUT2D eigenvalue weighted by molar-refractivity contribution is 0.240. The monoisotopic (exact) mass is 281 g/mol. The van der Waals surface area contributed by atoms with Crippen LogP contribution >= 0.6 is 0 Å². The Labute approximate surface area is 115 Å². The van der Waals surface area contributed by atoms with Crippen molar-refractivity contribution in [2.75, 3.05) is 27.2 Å². The summed E-state index contributed by atoms with van der Waals surface area (Å²) in [4.78, 5) is 30.2. The van der Waals surface area contributed by atoms with Crippen LogP contribution in [-0.4, -0.2) is 50.8 Å². The first kappa shape index (κ1) is 14.3. The summed E-state index contributed by atoms with van der Waals surface area (Å²) in [5, 5.41) is 0. The van der Waals surface area contributed by atoms with E-state index in [0.29, 0.717) is 23.8 Å². The molecule has 0 aliphatic rings. The molecule has 0 atom stereocenters. The fourth-order valence-corrected chi connectivity index (χ4v) is 1.95. The van der Waals surface area contributed by atoms with E-state index >= 15 is 0 Å². The minimum absolute atomic E-state index is 0.333. The Balaban J connectivity index is 2.53. The number of hydrogen-bond donors (Lipinski definition) is 0. The molecule has 2 heterocycles. The highest BCUT2D eigenvalue weighted by atomic mass is 16.5. The lowest BCUT2D eigenvalue weighted by Crippen LogP contribution is -2.37. The van der Waals surface area contributed by atoms with Crippen LogP contribution in [0.5, 0.6) is 6.01 Å². The normalized spacial score (nSPS) is 11.5. The number of nitrogens with zero attached hydrogens (tertiary/aromatic N) is 5. The molecule has 0 radical (unpaired) electrons. The summed E-state index contributed by atoms with van der Waals surface area (Å²) in [6.45, 7) is 1.19. The zero-order valence-electron chi connectivity index (χ0n) is 12.4. The predicted molar refractivity (Wildman–Crippen MR) is 75.2 cm³/mol. The molecule has 8 nitrogen and oxygen atoms in total. The minimum atomic E-state index is -0.402. The molecule has 0 unspecified atom stereocenters. The van der Waals surface area contributed by atoms with E-state index in [-0.39, 0.29) is 5.56 Å². The molecule has 0 aliphatic heterocycles. The molecule has 0 saturated carbocycles. The molecule has 0 aliphatic carbocycles. The van der Waals surface area contributed by atoms with E-state index in [1.807, 2.05) is 19.0 Å². The first-order chi connectivity index (χ1) is 9.34. The van der Waals surface area contributed by atoms with Crippen molar-refractivity contribution in [3.05, 3.63) is 20.8 Å². The lowest BCUT2D eigenvalue weighted by Gasteiger charge is -2.10. The van der Waals surface area contributed by atoms with E-state index in [4.69, 9.17) is 4.74 Å². The van der Waals surface area contributed by atoms with E-state index < -0.39 is 5.69 Å². The largest absolute Gasteiger partial charge is 0.463 e. The third kappa shape index (κ3) is 2.22. The zero-order chi connectivity index (χ0) is 15.0. The Morgan fingerprint density at radius 3 is 2.35 bits per heavy atom. The molecule has 110 valence electrons. The fraction of sp³-hybridized carbons (Fsp3) is 0.583. The second-order valence-electron chi connectivity index (χ2n) is 4.98. The highest BCUT2D eigenvalue weighted by molar-refractivity contribution is 5.71. The van der Waals surface area contributed by atoms with Gasteiger partial charge < -0.3 is 9.64 Å². The molecule has 0 spiro atoms. The van der Waals surface area contributed by atoms with Gasteiger partial charge in [-0.15, -0.1) is 0 Å². The van der Waals surface area contributed by atoms with Crippen molar-refractivity contribution in [1.82, 2.24) is 23.6 Å². The van der Waals surface area contributed by atoms with E-state index in [1.165, 1.54) is 11.6 Å². The van der Waals surface area contributed by atoms with Crippen molar-refractivity contribution in [2.24, 2.45) is 21.1 Å². The van der Waals surface area contributed by atoms with Gasteiger partial charge in [-0.2, -0.15) is 4.98 Å². The van der Waals surface area contributed by atoms with Gasteiger partial charge in [0.2, 0.25) is 0 Å². The van der Waals surface area contributed by atoms with Gasteiger partial charge in [0.15, 0.2) is 11.2 Å². The number of aromatic nitrogens is 4. The number of ether oxygens (including phenoxy) is 1. The number of hydrogen-bond acceptors (Lipinski definition) is 5. The third-order valence-corrected chi connectivity index (χ3v) is 3.20. The van der Waals surface area contributed by atoms with Gasteiger partial charge in [-0.25, -0.2) is 4.79 Å². The Morgan fingerprint density at radius 1 is 1.10 bits per heavy atom. The molecule has 0 fully saturated rings. The molecule has 0 N–H and O–H groups in total. The van der Waals surface area contributed by atoms with E-state index in [2.05, 4.69) is 4.98 Å². The average Bonchev–Trinajstić information content (AvgIpc) is 2.71. The smallest absolute Gasteiger partial charge is 0.332 e. The predicted octanol–water partition coefficient (Wildman–Crippen LogP) is -1.09. The van der Waals surface area contributed by atoms with Crippen LogP contribution in [0.2, 0.25) is 0 Å². The van der Waals surface area contributed by atoms with Crippen LogP contribution in [-0.2, 0) is 21.1 Å². The molecular weight excluding hydrogens is 262 g/mol. The van der Waals surface area contributed by atoms with Crippen molar-refractivity contribution >= 4 is 11.2 Å². The highest BCUT2D eigenvalue weighted by Gasteiger charge is 2.17. The van der Waals surface area contributed by atoms with Gasteiger partial charge >= 0.3 is 5.69 Å². The van der Waals surface area contributed by atoms with Crippen LogP contribution in [0.3, 0.4) is 0 Å². The summed E-state index contributed by atoms with van der Waals surface area (Å²) in [7, 11) is 8.62. The molecule has 20 heavy (non-hydrogen) atoms. The maximum atomic E-state index is 12.1. The van der Waals surface area contributed by atoms with E-state index in [0.717, 1.165) is 11.1 Å². The molecule has 8 heteroatoms. The summed E-state index contributed by atoms with van der Waals surface area (Å²) in [5.41, 5.74) is -0.0871. The topological polar surface area (TPSA) is 74.3 Å². The van der Waals surface area contributed by atoms with Crippen LogP contribution in [0.25, 0.3) is 11.2 Å². The van der Waals surface area contributed by atoms with Crippen LogP contribution in [0.1, 0.15) is 0 Å². The van der Waals surface area contributed by atoms with Gasteiger partial charge in [0, 0.05) is 27.7 Å². The Morgan fingerprint density at radius 2 is 1.75 bits per heavy atom. The van der Waals surface area contributed by atoms with Crippen LogP contribution in [0, 0.1) is 0 Å². The molecular formula is C12H19N5O3. The number of imidazole rings is 1. The first-order valence-electron chi connectivity index (χ1n) is 6.24. The number of aryl methyl sites for hydroxylation is 2. The number of fused-ring (bicyclic) bond motifs is 1. The second-order valence-corrected chi connectivity index (χ2v) is 4.98. The third-order valence-electron chi connectivity index (χ3n) is 3.20. The van der Waals surface area contributed by atoms with Crippen molar-refractivity contribution in [3.8, 4) is 6.01 Å². The van der Waals surface area contributed by atoms with Crippen LogP contribution < -0.4 is 16.0 Å². The molecule has 0 amide bonds. The maximum Gasteiger partial charge on any atom is 0.332 e. The standard InChI is InChI=1S/C12H19N5O3/c1-14(2)6-7-20-11-13-9-8(15(11)3)10(18)17(5)12(19)16(9)4/h6-7H2,1-5H3. The van der Waals surface area contributed by atoms with Gasteiger partial charge in [0.25, 0.3) is 11.6 Å². The quantitative estimate of drug-likeness (QED) is 0.712. The Hall–Kier alpha value is -2.09. The SMILES string of the molecule is CN(C)CCOc1nc2c(c(=O)n(C)c(=O)n2C)n1C. The number of likely N-dealkylation sites (N-methyl/N-ethyl adjacent to an activating group) is 1. The van der Waals surface area contributed by atoms with Crippen molar-refractivity contribution in [3.63, 3.8) is 0 Å². The highest BCUT2D eigenvalue weighted by Crippen LogP contribution is 2.14. The van der Waals surface area contributed by atoms with Crippen LogP contribution in [0.15, 0.2) is 9.59 Å². The van der Waals surface area contributed by atoms with Gasteiger partial charge in [-0.05, 0) is 14.1 Å². The molecule has 0 saturated heterocycles. The summed E-state index contributed by atoms with van der Waals surface area (Å²) in [6.07, 6.45) is 0. The van der Waals surface area contributed by atoms with Gasteiger partial charge in [-0.1, -0.05) is 0 Å².